The van der Waals surface area contributed by atoms with Crippen LogP contribution in [0.4, 0.5) is 24.5 Å². The summed E-state index contributed by atoms with van der Waals surface area (Å²) in [5.74, 6) is 0. The van der Waals surface area contributed by atoms with E-state index in [4.69, 9.17) is 5.26 Å². The maximum atomic E-state index is 14.4. The summed E-state index contributed by atoms with van der Waals surface area (Å²) in [6.07, 6.45) is -0.664. The van der Waals surface area contributed by atoms with E-state index in [1.54, 1.807) is 0 Å². The zero-order valence-electron chi connectivity index (χ0n) is 13.1. The van der Waals surface area contributed by atoms with Crippen molar-refractivity contribution >= 4 is 11.4 Å². The first kappa shape index (κ1) is 16.3. The second-order valence-corrected chi connectivity index (χ2v) is 5.93. The largest absolute Gasteiger partial charge is 0.402 e. The maximum Gasteiger partial charge on any atom is 0.402 e. The third-order valence-electron chi connectivity index (χ3n) is 4.55. The van der Waals surface area contributed by atoms with Crippen molar-refractivity contribution in [2.24, 2.45) is 0 Å². The van der Waals surface area contributed by atoms with Crippen molar-refractivity contribution < 1.29 is 13.2 Å². The summed E-state index contributed by atoms with van der Waals surface area (Å²) in [7, 11) is 0. The second-order valence-electron chi connectivity index (χ2n) is 5.93. The van der Waals surface area contributed by atoms with Gasteiger partial charge in [-0.05, 0) is 41.8 Å². The molecular formula is C18H16F3N3. The van der Waals surface area contributed by atoms with Gasteiger partial charge in [0.1, 0.15) is 5.41 Å². The third-order valence-corrected chi connectivity index (χ3v) is 4.55. The molecule has 1 atom stereocenters. The third kappa shape index (κ3) is 2.32. The highest BCUT2D eigenvalue weighted by Gasteiger charge is 2.59. The number of pyridine rings is 1. The number of hydrogen-bond acceptors (Lipinski definition) is 3. The highest BCUT2D eigenvalue weighted by Crippen LogP contribution is 2.56. The van der Waals surface area contributed by atoms with E-state index >= 15 is 0 Å². The van der Waals surface area contributed by atoms with Gasteiger partial charge >= 0.3 is 6.18 Å². The van der Waals surface area contributed by atoms with E-state index < -0.39 is 11.6 Å². The Morgan fingerprint density at radius 3 is 2.67 bits per heavy atom. The second kappa shape index (κ2) is 5.82. The standard InChI is InChI=1S/C18H16F3N3/c1-2-3-7-17(18(19,20)21)13-6-8-23-11-16(13)24-15-5-4-12(10-22)9-14(15)17/h4-6,8-9,11,24H,2-3,7H2,1H3. The lowest BCUT2D eigenvalue weighted by molar-refractivity contribution is -0.180. The first-order valence-corrected chi connectivity index (χ1v) is 7.77. The number of aromatic nitrogens is 1. The van der Waals surface area contributed by atoms with Crippen molar-refractivity contribution in [3.8, 4) is 6.07 Å². The maximum absolute atomic E-state index is 14.4. The van der Waals surface area contributed by atoms with Crippen LogP contribution in [0.25, 0.3) is 0 Å². The van der Waals surface area contributed by atoms with E-state index in [2.05, 4.69) is 10.3 Å². The number of alkyl halides is 3. The quantitative estimate of drug-likeness (QED) is 0.856. The lowest BCUT2D eigenvalue weighted by atomic mass is 9.67. The van der Waals surface area contributed by atoms with Gasteiger partial charge in [0.2, 0.25) is 0 Å². The van der Waals surface area contributed by atoms with Crippen LogP contribution in [0.1, 0.15) is 42.9 Å². The Balaban J connectivity index is 2.35. The molecule has 0 aliphatic carbocycles. The van der Waals surface area contributed by atoms with Crippen LogP contribution in [0.3, 0.4) is 0 Å². The van der Waals surface area contributed by atoms with Crippen LogP contribution in [0.2, 0.25) is 0 Å². The molecule has 1 aliphatic heterocycles. The fourth-order valence-electron chi connectivity index (χ4n) is 3.39. The SMILES string of the molecule is CCCCC1(C(F)(F)F)c2ccncc2Nc2ccc(C#N)cc21. The number of benzene rings is 1. The number of rotatable bonds is 3. The molecule has 2 aromatic rings. The van der Waals surface area contributed by atoms with Crippen LogP contribution in [-0.4, -0.2) is 11.2 Å². The van der Waals surface area contributed by atoms with Crippen molar-refractivity contribution in [3.63, 3.8) is 0 Å². The zero-order chi connectivity index (χ0) is 17.4. The predicted molar refractivity (Wildman–Crippen MR) is 85.0 cm³/mol. The van der Waals surface area contributed by atoms with E-state index in [9.17, 15) is 13.2 Å². The molecule has 6 heteroatoms. The molecule has 0 spiro atoms. The Bertz CT molecular complexity index is 808. The van der Waals surface area contributed by atoms with Crippen molar-refractivity contribution in [3.05, 3.63) is 53.3 Å². The average molecular weight is 331 g/mol. The van der Waals surface area contributed by atoms with E-state index in [1.807, 2.05) is 13.0 Å². The molecule has 1 N–H and O–H groups in total. The summed E-state index contributed by atoms with van der Waals surface area (Å²) in [5.41, 5.74) is -0.888. The molecule has 3 rings (SSSR count). The molecule has 0 amide bonds. The molecule has 0 saturated heterocycles. The fourth-order valence-corrected chi connectivity index (χ4v) is 3.39. The topological polar surface area (TPSA) is 48.7 Å². The molecule has 124 valence electrons. The van der Waals surface area contributed by atoms with Crippen LogP contribution >= 0.6 is 0 Å². The molecule has 1 unspecified atom stereocenters. The summed E-state index contributed by atoms with van der Waals surface area (Å²) in [6, 6.07) is 7.78. The highest BCUT2D eigenvalue weighted by molar-refractivity contribution is 5.76. The van der Waals surface area contributed by atoms with Gasteiger partial charge in [0, 0.05) is 11.9 Å². The number of anilines is 2. The Hall–Kier alpha value is -2.55. The highest BCUT2D eigenvalue weighted by atomic mass is 19.4. The van der Waals surface area contributed by atoms with Crippen LogP contribution in [0, 0.1) is 11.3 Å². The minimum absolute atomic E-state index is 0.0619. The summed E-state index contributed by atoms with van der Waals surface area (Å²) in [5, 5.41) is 12.1. The molecule has 0 radical (unpaired) electrons. The van der Waals surface area contributed by atoms with Crippen molar-refractivity contribution in [1.29, 1.82) is 5.26 Å². The number of fused-ring (bicyclic) bond motifs is 2. The summed E-state index contributed by atoms with van der Waals surface area (Å²) < 4.78 is 43.1. The van der Waals surface area contributed by atoms with Crippen molar-refractivity contribution in [1.82, 2.24) is 4.98 Å². The minimum atomic E-state index is -4.48. The van der Waals surface area contributed by atoms with Gasteiger partial charge in [-0.2, -0.15) is 18.4 Å². The van der Waals surface area contributed by atoms with Gasteiger partial charge < -0.3 is 5.32 Å². The molecule has 1 aromatic heterocycles. The number of nitrogens with zero attached hydrogens (tertiary/aromatic N) is 2. The van der Waals surface area contributed by atoms with Gasteiger partial charge in [0.25, 0.3) is 0 Å². The molecule has 3 nitrogen and oxygen atoms in total. The number of halogens is 3. The first-order chi connectivity index (χ1) is 11.4. The lowest BCUT2D eigenvalue weighted by Crippen LogP contribution is -2.46. The number of nitriles is 1. The Morgan fingerprint density at radius 1 is 1.21 bits per heavy atom. The van der Waals surface area contributed by atoms with Gasteiger partial charge in [0.05, 0.1) is 23.5 Å². The Kier molecular flexibility index (Phi) is 3.96. The van der Waals surface area contributed by atoms with Gasteiger partial charge in [-0.25, -0.2) is 0 Å². The van der Waals surface area contributed by atoms with Crippen LogP contribution in [0.15, 0.2) is 36.7 Å². The van der Waals surface area contributed by atoms with E-state index in [1.165, 1.54) is 36.7 Å². The van der Waals surface area contributed by atoms with Crippen LogP contribution < -0.4 is 5.32 Å². The Labute approximate surface area is 138 Å². The normalized spacial score (nSPS) is 19.0. The minimum Gasteiger partial charge on any atom is -0.354 e. The molecule has 1 aliphatic rings. The average Bonchev–Trinajstić information content (AvgIpc) is 2.57. The van der Waals surface area contributed by atoms with E-state index in [-0.39, 0.29) is 23.1 Å². The first-order valence-electron chi connectivity index (χ1n) is 7.77. The molecule has 0 bridgehead atoms. The smallest absolute Gasteiger partial charge is 0.354 e. The monoisotopic (exact) mass is 331 g/mol. The van der Waals surface area contributed by atoms with Gasteiger partial charge in [-0.1, -0.05) is 19.8 Å². The summed E-state index contributed by atoms with van der Waals surface area (Å²) >= 11 is 0. The molecule has 24 heavy (non-hydrogen) atoms. The van der Waals surface area contributed by atoms with Crippen LogP contribution in [0.5, 0.6) is 0 Å². The Morgan fingerprint density at radius 2 is 2.00 bits per heavy atom. The van der Waals surface area contributed by atoms with Crippen molar-refractivity contribution in [2.75, 3.05) is 5.32 Å². The van der Waals surface area contributed by atoms with Crippen LogP contribution in [-0.2, 0) is 5.41 Å². The zero-order valence-corrected chi connectivity index (χ0v) is 13.1. The van der Waals surface area contributed by atoms with Gasteiger partial charge in [-0.15, -0.1) is 0 Å². The van der Waals surface area contributed by atoms with Gasteiger partial charge in [-0.3, -0.25) is 4.98 Å². The predicted octanol–water partition coefficient (Wildman–Crippen LogP) is 5.05. The molecule has 1 aromatic carbocycles. The van der Waals surface area contributed by atoms with Gasteiger partial charge in [0.15, 0.2) is 0 Å². The number of hydrogen-bond donors (Lipinski definition) is 1. The number of nitrogens with one attached hydrogen (secondary N) is 1. The molecule has 2 heterocycles. The van der Waals surface area contributed by atoms with E-state index in [0.29, 0.717) is 24.2 Å². The fraction of sp³-hybridized carbons (Fsp3) is 0.333. The molecule has 0 fully saturated rings. The van der Waals surface area contributed by atoms with E-state index in [0.717, 1.165) is 0 Å². The van der Waals surface area contributed by atoms with Crippen molar-refractivity contribution in [2.45, 2.75) is 37.8 Å². The summed E-state index contributed by atoms with van der Waals surface area (Å²) in [4.78, 5) is 3.95. The summed E-state index contributed by atoms with van der Waals surface area (Å²) in [6.45, 7) is 1.87. The number of unbranched alkanes of at least 4 members (excludes halogenated alkanes) is 1. The molecule has 0 saturated carbocycles. The lowest BCUT2D eigenvalue weighted by Gasteiger charge is -2.42. The molecular weight excluding hydrogens is 315 g/mol.